The monoisotopic (exact) mass is 286 g/mol. The van der Waals surface area contributed by atoms with Crippen LogP contribution in [-0.2, 0) is 14.8 Å². The third-order valence-electron chi connectivity index (χ3n) is 2.44. The van der Waals surface area contributed by atoms with Gasteiger partial charge in [-0.3, -0.25) is 0 Å². The maximum absolute atomic E-state index is 12.1. The fraction of sp³-hybridized carbons (Fsp3) is 0.538. The van der Waals surface area contributed by atoms with E-state index in [-0.39, 0.29) is 11.4 Å². The number of hydrogen-bond donors (Lipinski definition) is 2. The predicted molar refractivity (Wildman–Crippen MR) is 76.8 cm³/mol. The van der Waals surface area contributed by atoms with Gasteiger partial charge in [-0.25, -0.2) is 13.1 Å². The number of nitrogens with one attached hydrogen (secondary N) is 2. The Labute approximate surface area is 115 Å². The molecule has 1 aromatic carbocycles. The standard InChI is InChI=1S/C13H22N2O3S/c1-11(2)10-18-9-8-15-19(16,17)13-7-5-4-6-12(13)14-3/h4-7,11,14-15H,8-10H2,1-3H3. The zero-order chi connectivity index (χ0) is 14.3. The van der Waals surface area contributed by atoms with E-state index in [0.29, 0.717) is 24.8 Å². The maximum Gasteiger partial charge on any atom is 0.242 e. The lowest BCUT2D eigenvalue weighted by molar-refractivity contribution is 0.114. The van der Waals surface area contributed by atoms with Gasteiger partial charge in [0, 0.05) is 20.2 Å². The van der Waals surface area contributed by atoms with Gasteiger partial charge in [0.05, 0.1) is 12.3 Å². The van der Waals surface area contributed by atoms with Crippen LogP contribution in [0.3, 0.4) is 0 Å². The highest BCUT2D eigenvalue weighted by Crippen LogP contribution is 2.19. The molecule has 0 heterocycles. The Morgan fingerprint density at radius 3 is 2.58 bits per heavy atom. The molecule has 0 amide bonds. The molecule has 0 aliphatic carbocycles. The molecule has 1 rings (SSSR count). The third kappa shape index (κ3) is 5.18. The van der Waals surface area contributed by atoms with Crippen molar-refractivity contribution in [1.82, 2.24) is 4.72 Å². The molecule has 0 saturated carbocycles. The quantitative estimate of drug-likeness (QED) is 0.714. The van der Waals surface area contributed by atoms with Crippen LogP contribution in [0.5, 0.6) is 0 Å². The van der Waals surface area contributed by atoms with E-state index >= 15 is 0 Å². The molecule has 0 saturated heterocycles. The van der Waals surface area contributed by atoms with Crippen molar-refractivity contribution in [2.45, 2.75) is 18.7 Å². The van der Waals surface area contributed by atoms with Crippen LogP contribution in [0.1, 0.15) is 13.8 Å². The first-order valence-electron chi connectivity index (χ1n) is 6.31. The minimum absolute atomic E-state index is 0.251. The van der Waals surface area contributed by atoms with E-state index in [2.05, 4.69) is 10.0 Å². The maximum atomic E-state index is 12.1. The molecule has 19 heavy (non-hydrogen) atoms. The number of sulfonamides is 1. The minimum Gasteiger partial charge on any atom is -0.387 e. The van der Waals surface area contributed by atoms with Crippen LogP contribution in [0.15, 0.2) is 29.2 Å². The van der Waals surface area contributed by atoms with E-state index in [1.54, 1.807) is 31.3 Å². The van der Waals surface area contributed by atoms with Crippen molar-refractivity contribution in [3.63, 3.8) is 0 Å². The van der Waals surface area contributed by atoms with Crippen LogP contribution in [-0.4, -0.2) is 35.2 Å². The number of anilines is 1. The normalized spacial score (nSPS) is 11.8. The highest BCUT2D eigenvalue weighted by atomic mass is 32.2. The number of benzene rings is 1. The van der Waals surface area contributed by atoms with E-state index in [1.165, 1.54) is 0 Å². The molecule has 108 valence electrons. The SMILES string of the molecule is CNc1ccccc1S(=O)(=O)NCCOCC(C)C. The van der Waals surface area contributed by atoms with Gasteiger partial charge in [0.25, 0.3) is 0 Å². The summed E-state index contributed by atoms with van der Waals surface area (Å²) in [5.74, 6) is 0.446. The molecule has 1 aromatic rings. The van der Waals surface area contributed by atoms with Crippen molar-refractivity contribution in [3.05, 3.63) is 24.3 Å². The van der Waals surface area contributed by atoms with Gasteiger partial charge in [-0.1, -0.05) is 26.0 Å². The molecular formula is C13H22N2O3S. The summed E-state index contributed by atoms with van der Waals surface area (Å²) in [6.07, 6.45) is 0. The Morgan fingerprint density at radius 2 is 1.95 bits per heavy atom. The lowest BCUT2D eigenvalue weighted by Crippen LogP contribution is -2.28. The van der Waals surface area contributed by atoms with Crippen LogP contribution in [0.2, 0.25) is 0 Å². The van der Waals surface area contributed by atoms with Crippen molar-refractivity contribution in [2.24, 2.45) is 5.92 Å². The largest absolute Gasteiger partial charge is 0.387 e. The van der Waals surface area contributed by atoms with Crippen LogP contribution in [0, 0.1) is 5.92 Å². The molecule has 0 atom stereocenters. The lowest BCUT2D eigenvalue weighted by Gasteiger charge is -2.11. The predicted octanol–water partition coefficient (Wildman–Crippen LogP) is 1.68. The number of rotatable bonds is 8. The molecule has 2 N–H and O–H groups in total. The number of para-hydroxylation sites is 1. The number of ether oxygens (including phenoxy) is 1. The van der Waals surface area contributed by atoms with Gasteiger partial charge in [0.15, 0.2) is 0 Å². The first kappa shape index (κ1) is 15.9. The van der Waals surface area contributed by atoms with Crippen molar-refractivity contribution in [2.75, 3.05) is 32.1 Å². The highest BCUT2D eigenvalue weighted by molar-refractivity contribution is 7.89. The topological polar surface area (TPSA) is 67.4 Å². The van der Waals surface area contributed by atoms with E-state index in [0.717, 1.165) is 0 Å². The smallest absolute Gasteiger partial charge is 0.242 e. The molecule has 5 nitrogen and oxygen atoms in total. The second-order valence-electron chi connectivity index (χ2n) is 4.61. The average molecular weight is 286 g/mol. The Hall–Kier alpha value is -1.11. The summed E-state index contributed by atoms with van der Waals surface area (Å²) >= 11 is 0. The first-order valence-corrected chi connectivity index (χ1v) is 7.80. The summed E-state index contributed by atoms with van der Waals surface area (Å²) in [5.41, 5.74) is 0.582. The minimum atomic E-state index is -3.50. The Balaban J connectivity index is 2.56. The third-order valence-corrected chi connectivity index (χ3v) is 3.95. The molecule has 6 heteroatoms. The average Bonchev–Trinajstić information content (AvgIpc) is 2.37. The highest BCUT2D eigenvalue weighted by Gasteiger charge is 2.16. The van der Waals surface area contributed by atoms with Gasteiger partial charge in [-0.15, -0.1) is 0 Å². The summed E-state index contributed by atoms with van der Waals surface area (Å²) in [5, 5.41) is 2.87. The molecule has 0 aliphatic rings. The van der Waals surface area contributed by atoms with E-state index < -0.39 is 10.0 Å². The van der Waals surface area contributed by atoms with Gasteiger partial charge >= 0.3 is 0 Å². The lowest BCUT2D eigenvalue weighted by atomic mass is 10.2. The molecular weight excluding hydrogens is 264 g/mol. The van der Waals surface area contributed by atoms with Gasteiger partial charge < -0.3 is 10.1 Å². The first-order chi connectivity index (χ1) is 8.97. The van der Waals surface area contributed by atoms with Crippen molar-refractivity contribution < 1.29 is 13.2 Å². The van der Waals surface area contributed by atoms with Crippen LogP contribution in [0.4, 0.5) is 5.69 Å². The van der Waals surface area contributed by atoms with E-state index in [9.17, 15) is 8.42 Å². The Morgan fingerprint density at radius 1 is 1.26 bits per heavy atom. The van der Waals surface area contributed by atoms with Gasteiger partial charge in [-0.2, -0.15) is 0 Å². The van der Waals surface area contributed by atoms with Gasteiger partial charge in [0.1, 0.15) is 4.90 Å². The zero-order valence-electron chi connectivity index (χ0n) is 11.6. The molecule has 0 fully saturated rings. The molecule has 0 aliphatic heterocycles. The molecule has 0 spiro atoms. The summed E-state index contributed by atoms with van der Waals surface area (Å²) in [7, 11) is -1.80. The molecule has 0 radical (unpaired) electrons. The number of hydrogen-bond acceptors (Lipinski definition) is 4. The Bertz CT molecular complexity index is 486. The van der Waals surface area contributed by atoms with Crippen molar-refractivity contribution in [1.29, 1.82) is 0 Å². The fourth-order valence-electron chi connectivity index (χ4n) is 1.55. The molecule has 0 aromatic heterocycles. The van der Waals surface area contributed by atoms with Gasteiger partial charge in [-0.05, 0) is 18.1 Å². The Kier molecular flexibility index (Phi) is 6.27. The summed E-state index contributed by atoms with van der Waals surface area (Å²) in [4.78, 5) is 0.251. The van der Waals surface area contributed by atoms with Crippen molar-refractivity contribution >= 4 is 15.7 Å². The van der Waals surface area contributed by atoms with Gasteiger partial charge in [0.2, 0.25) is 10.0 Å². The zero-order valence-corrected chi connectivity index (χ0v) is 12.5. The van der Waals surface area contributed by atoms with Crippen molar-refractivity contribution in [3.8, 4) is 0 Å². The molecule has 0 unspecified atom stereocenters. The second kappa shape index (κ2) is 7.47. The summed E-state index contributed by atoms with van der Waals surface area (Å²) in [6.45, 7) is 5.38. The van der Waals surface area contributed by atoms with Crippen LogP contribution < -0.4 is 10.0 Å². The van der Waals surface area contributed by atoms with E-state index in [4.69, 9.17) is 4.74 Å². The fourth-order valence-corrected chi connectivity index (χ4v) is 2.78. The summed E-state index contributed by atoms with van der Waals surface area (Å²) < 4.78 is 32.1. The van der Waals surface area contributed by atoms with E-state index in [1.807, 2.05) is 13.8 Å². The van der Waals surface area contributed by atoms with Crippen LogP contribution >= 0.6 is 0 Å². The summed E-state index contributed by atoms with van der Waals surface area (Å²) in [6, 6.07) is 6.79. The van der Waals surface area contributed by atoms with Crippen LogP contribution in [0.25, 0.3) is 0 Å². The second-order valence-corrected chi connectivity index (χ2v) is 6.35. The molecule has 0 bridgehead atoms.